The summed E-state index contributed by atoms with van der Waals surface area (Å²) in [6.45, 7) is 4.37. The maximum Gasteiger partial charge on any atom is 0.573 e. The molecule has 0 amide bonds. The molecule has 3 aromatic rings. The second-order valence-electron chi connectivity index (χ2n) is 8.66. The number of halogens is 3. The summed E-state index contributed by atoms with van der Waals surface area (Å²) >= 11 is 0. The van der Waals surface area contributed by atoms with Crippen molar-refractivity contribution in [1.82, 2.24) is 19.4 Å². The van der Waals surface area contributed by atoms with Crippen molar-refractivity contribution in [2.45, 2.75) is 38.4 Å². The van der Waals surface area contributed by atoms with Gasteiger partial charge in [0.15, 0.2) is 0 Å². The summed E-state index contributed by atoms with van der Waals surface area (Å²) in [7, 11) is 0. The van der Waals surface area contributed by atoms with Crippen molar-refractivity contribution in [3.63, 3.8) is 0 Å². The van der Waals surface area contributed by atoms with Crippen LogP contribution in [0.25, 0.3) is 11.3 Å². The highest BCUT2D eigenvalue weighted by Crippen LogP contribution is 2.33. The Balaban J connectivity index is 1.26. The molecule has 0 bridgehead atoms. The lowest BCUT2D eigenvalue weighted by molar-refractivity contribution is -0.389. The first-order valence-corrected chi connectivity index (χ1v) is 10.5. The molecule has 0 spiro atoms. The van der Waals surface area contributed by atoms with E-state index < -0.39 is 16.9 Å². The molecular formula is C22H20F3N5O4. The lowest BCUT2D eigenvalue weighted by atomic mass is 10.0. The van der Waals surface area contributed by atoms with E-state index in [1.165, 1.54) is 24.4 Å². The highest BCUT2D eigenvalue weighted by Gasteiger charge is 2.42. The van der Waals surface area contributed by atoms with Crippen molar-refractivity contribution in [3.8, 4) is 23.0 Å². The van der Waals surface area contributed by atoms with Crippen molar-refractivity contribution in [2.75, 3.05) is 13.1 Å². The number of fused-ring (bicyclic) bond motifs is 2. The molecule has 0 saturated heterocycles. The molecule has 4 heterocycles. The molecule has 1 aromatic carbocycles. The molecule has 0 saturated carbocycles. The van der Waals surface area contributed by atoms with Crippen LogP contribution in [0.15, 0.2) is 42.6 Å². The Labute approximate surface area is 191 Å². The van der Waals surface area contributed by atoms with Gasteiger partial charge < -0.3 is 19.6 Å². The van der Waals surface area contributed by atoms with Gasteiger partial charge in [0.2, 0.25) is 0 Å². The largest absolute Gasteiger partial charge is 0.573 e. The maximum absolute atomic E-state index is 12.5. The average molecular weight is 475 g/mol. The molecule has 5 rings (SSSR count). The number of rotatable bonds is 5. The highest BCUT2D eigenvalue weighted by molar-refractivity contribution is 5.61. The van der Waals surface area contributed by atoms with Crippen molar-refractivity contribution in [2.24, 2.45) is 0 Å². The topological polar surface area (TPSA) is 95.6 Å². The first-order chi connectivity index (χ1) is 16.1. The number of alkyl halides is 3. The number of ether oxygens (including phenoxy) is 2. The Morgan fingerprint density at radius 1 is 1.26 bits per heavy atom. The van der Waals surface area contributed by atoms with Gasteiger partial charge in [-0.25, -0.2) is 0 Å². The van der Waals surface area contributed by atoms with Gasteiger partial charge in [-0.2, -0.15) is 0 Å². The van der Waals surface area contributed by atoms with Crippen LogP contribution in [0, 0.1) is 10.1 Å². The van der Waals surface area contributed by atoms with Gasteiger partial charge in [0.25, 0.3) is 0 Å². The summed E-state index contributed by atoms with van der Waals surface area (Å²) in [6.07, 6.45) is -2.70. The molecule has 9 nitrogen and oxygen atoms in total. The van der Waals surface area contributed by atoms with E-state index in [1.54, 1.807) is 16.7 Å². The standard InChI is InChI=1S/C22H20F3N5O4/c1-21(13-29-11-19(30(31)32)27-20(29)34-21)12-28-8-7-18-15(10-28)5-6-17(26-18)14-3-2-4-16(9-14)33-22(23,24)25/h2-6,9,11H,7-8,10,12-13H2,1H3/t21-/m0/s1. The Hall–Kier alpha value is -3.67. The summed E-state index contributed by atoms with van der Waals surface area (Å²) in [4.78, 5) is 21.2. The number of benzene rings is 1. The summed E-state index contributed by atoms with van der Waals surface area (Å²) in [5.74, 6) is -0.521. The molecule has 0 unspecified atom stereocenters. The molecule has 0 radical (unpaired) electrons. The van der Waals surface area contributed by atoms with Crippen molar-refractivity contribution in [1.29, 1.82) is 0 Å². The zero-order valence-corrected chi connectivity index (χ0v) is 18.1. The SMILES string of the molecule is C[C@]1(CN2CCc3nc(-c4cccc(OC(F)(F)F)c4)ccc3C2)Cn2cc([N+](=O)[O-])nc2O1. The number of pyridine rings is 1. The first-order valence-electron chi connectivity index (χ1n) is 10.5. The molecule has 2 aromatic heterocycles. The van der Waals surface area contributed by atoms with Crippen LogP contribution in [-0.4, -0.2) is 49.4 Å². The lowest BCUT2D eigenvalue weighted by Gasteiger charge is -2.34. The Kier molecular flexibility index (Phi) is 5.19. The maximum atomic E-state index is 12.5. The highest BCUT2D eigenvalue weighted by atomic mass is 19.4. The molecule has 0 fully saturated rings. The molecule has 2 aliphatic heterocycles. The third-order valence-electron chi connectivity index (χ3n) is 5.81. The van der Waals surface area contributed by atoms with E-state index in [2.05, 4.69) is 19.6 Å². The zero-order chi connectivity index (χ0) is 24.1. The smallest absolute Gasteiger partial charge is 0.436 e. The Morgan fingerprint density at radius 3 is 2.82 bits per heavy atom. The van der Waals surface area contributed by atoms with Crippen LogP contribution in [0.2, 0.25) is 0 Å². The van der Waals surface area contributed by atoms with E-state index in [0.717, 1.165) is 17.8 Å². The van der Waals surface area contributed by atoms with Gasteiger partial charge in [-0.05, 0) is 35.6 Å². The summed E-state index contributed by atoms with van der Waals surface area (Å²) < 4.78 is 49.2. The second-order valence-corrected chi connectivity index (χ2v) is 8.66. The van der Waals surface area contributed by atoms with E-state index in [4.69, 9.17) is 4.74 Å². The summed E-state index contributed by atoms with van der Waals surface area (Å²) in [5.41, 5.74) is 2.49. The van der Waals surface area contributed by atoms with Crippen LogP contribution < -0.4 is 9.47 Å². The molecule has 2 aliphatic rings. The van der Waals surface area contributed by atoms with Gasteiger partial charge in [0.05, 0.1) is 12.2 Å². The van der Waals surface area contributed by atoms with E-state index in [9.17, 15) is 23.3 Å². The third kappa shape index (κ3) is 4.53. The summed E-state index contributed by atoms with van der Waals surface area (Å²) in [6, 6.07) is 9.74. The predicted molar refractivity (Wildman–Crippen MR) is 113 cm³/mol. The number of nitro groups is 1. The minimum Gasteiger partial charge on any atom is -0.436 e. The van der Waals surface area contributed by atoms with Gasteiger partial charge in [-0.15, -0.1) is 13.2 Å². The average Bonchev–Trinajstić information content (AvgIpc) is 3.27. The second kappa shape index (κ2) is 7.97. The number of hydrogen-bond donors (Lipinski definition) is 0. The minimum absolute atomic E-state index is 0.235. The first kappa shape index (κ1) is 22.1. The molecule has 178 valence electrons. The molecule has 0 N–H and O–H groups in total. The number of nitrogens with zero attached hydrogens (tertiary/aromatic N) is 5. The minimum atomic E-state index is -4.75. The van der Waals surface area contributed by atoms with Crippen LogP contribution in [0.1, 0.15) is 18.2 Å². The molecular weight excluding hydrogens is 455 g/mol. The van der Waals surface area contributed by atoms with E-state index in [-0.39, 0.29) is 17.6 Å². The van der Waals surface area contributed by atoms with Crippen molar-refractivity contribution >= 4 is 5.82 Å². The van der Waals surface area contributed by atoms with Crippen LogP contribution in [0.4, 0.5) is 19.0 Å². The molecule has 12 heteroatoms. The van der Waals surface area contributed by atoms with Crippen molar-refractivity contribution in [3.05, 3.63) is 64.0 Å². The van der Waals surface area contributed by atoms with E-state index >= 15 is 0 Å². The number of imidazole rings is 1. The zero-order valence-electron chi connectivity index (χ0n) is 18.1. The Morgan fingerprint density at radius 2 is 2.09 bits per heavy atom. The van der Waals surface area contributed by atoms with Crippen LogP contribution >= 0.6 is 0 Å². The van der Waals surface area contributed by atoms with Crippen LogP contribution in [0.3, 0.4) is 0 Å². The van der Waals surface area contributed by atoms with Crippen LogP contribution in [-0.2, 0) is 19.5 Å². The Bertz CT molecular complexity index is 1240. The fourth-order valence-corrected chi connectivity index (χ4v) is 4.46. The monoisotopic (exact) mass is 475 g/mol. The van der Waals surface area contributed by atoms with Crippen molar-refractivity contribution < 1.29 is 27.6 Å². The fourth-order valence-electron chi connectivity index (χ4n) is 4.46. The number of hydrogen-bond acceptors (Lipinski definition) is 7. The van der Waals surface area contributed by atoms with E-state index in [0.29, 0.717) is 37.3 Å². The lowest BCUT2D eigenvalue weighted by Crippen LogP contribution is -2.46. The van der Waals surface area contributed by atoms with Gasteiger partial charge in [-0.3, -0.25) is 14.5 Å². The number of aromatic nitrogens is 3. The summed E-state index contributed by atoms with van der Waals surface area (Å²) in [5, 5.41) is 10.9. The quantitative estimate of drug-likeness (QED) is 0.407. The molecule has 34 heavy (non-hydrogen) atoms. The normalized spacial score (nSPS) is 19.9. The predicted octanol–water partition coefficient (Wildman–Crippen LogP) is 3.96. The van der Waals surface area contributed by atoms with Crippen LogP contribution in [0.5, 0.6) is 11.8 Å². The van der Waals surface area contributed by atoms with E-state index in [1.807, 2.05) is 13.0 Å². The van der Waals surface area contributed by atoms with Gasteiger partial charge in [0, 0.05) is 42.3 Å². The van der Waals surface area contributed by atoms with Gasteiger partial charge in [-0.1, -0.05) is 18.2 Å². The van der Waals surface area contributed by atoms with Gasteiger partial charge >= 0.3 is 18.2 Å². The fraction of sp³-hybridized carbons (Fsp3) is 0.364. The third-order valence-corrected chi connectivity index (χ3v) is 5.81. The molecule has 1 atom stereocenters. The van der Waals surface area contributed by atoms with Gasteiger partial charge in [0.1, 0.15) is 17.5 Å². The molecule has 0 aliphatic carbocycles.